The molecule has 0 saturated heterocycles. The van der Waals surface area contributed by atoms with E-state index in [1.54, 1.807) is 31.4 Å². The van der Waals surface area contributed by atoms with Gasteiger partial charge in [-0.15, -0.1) is 11.3 Å². The average Bonchev–Trinajstić information content (AvgIpc) is 3.16. The van der Waals surface area contributed by atoms with Crippen molar-refractivity contribution in [2.24, 2.45) is 0 Å². The van der Waals surface area contributed by atoms with Crippen LogP contribution in [0, 0.1) is 6.92 Å². The Morgan fingerprint density at radius 3 is 2.48 bits per heavy atom. The van der Waals surface area contributed by atoms with Gasteiger partial charge in [-0.1, -0.05) is 56.6 Å². The maximum absolute atomic E-state index is 12.3. The number of hydrogen-bond acceptors (Lipinski definition) is 4. The van der Waals surface area contributed by atoms with Crippen LogP contribution in [-0.4, -0.2) is 12.9 Å². The van der Waals surface area contributed by atoms with Gasteiger partial charge < -0.3 is 9.47 Å². The molecule has 0 saturated carbocycles. The fourth-order valence-corrected chi connectivity index (χ4v) is 4.20. The minimum atomic E-state index is -0.0694. The molecular weight excluding hydrogens is 428 g/mol. The summed E-state index contributed by atoms with van der Waals surface area (Å²) in [7, 11) is 1.64. The molecular formula is C26H27ClO3S. The van der Waals surface area contributed by atoms with Crippen LogP contribution in [0.3, 0.4) is 0 Å². The summed E-state index contributed by atoms with van der Waals surface area (Å²) in [6, 6.07) is 15.6. The molecule has 1 aromatic heterocycles. The van der Waals surface area contributed by atoms with Crippen molar-refractivity contribution >= 4 is 34.8 Å². The maximum Gasteiger partial charge on any atom is 0.195 e. The monoisotopic (exact) mass is 454 g/mol. The molecule has 0 atom stereocenters. The normalized spacial score (nSPS) is 11.7. The van der Waals surface area contributed by atoms with Gasteiger partial charge in [0.1, 0.15) is 18.1 Å². The van der Waals surface area contributed by atoms with Gasteiger partial charge in [-0.2, -0.15) is 0 Å². The van der Waals surface area contributed by atoms with Crippen molar-refractivity contribution in [2.75, 3.05) is 7.11 Å². The summed E-state index contributed by atoms with van der Waals surface area (Å²) < 4.78 is 12.4. The molecule has 0 amide bonds. The minimum absolute atomic E-state index is 0.0250. The van der Waals surface area contributed by atoms with Crippen LogP contribution in [0.15, 0.2) is 54.6 Å². The second-order valence-electron chi connectivity index (χ2n) is 8.41. The van der Waals surface area contributed by atoms with Crippen molar-refractivity contribution in [2.45, 2.75) is 39.7 Å². The Labute approximate surface area is 193 Å². The van der Waals surface area contributed by atoms with Gasteiger partial charge in [0, 0.05) is 5.56 Å². The molecule has 2 aromatic carbocycles. The standard InChI is InChI=1S/C26H27ClO3S/c1-17-6-9-20(26(2,3)4)23(14-17)30-16-19-15-18(8-11-22(19)29-5)7-10-21(28)24-12-13-25(27)31-24/h6-15H,16H2,1-5H3/b10-7+. The number of ketones is 1. The van der Waals surface area contributed by atoms with Gasteiger partial charge >= 0.3 is 0 Å². The van der Waals surface area contributed by atoms with Crippen LogP contribution in [0.2, 0.25) is 4.34 Å². The average molecular weight is 455 g/mol. The van der Waals surface area contributed by atoms with Crippen LogP contribution in [0.4, 0.5) is 0 Å². The molecule has 0 fully saturated rings. The Morgan fingerprint density at radius 1 is 1.06 bits per heavy atom. The minimum Gasteiger partial charge on any atom is -0.496 e. The molecule has 0 aliphatic heterocycles. The van der Waals surface area contributed by atoms with Crippen molar-refractivity contribution in [3.8, 4) is 11.5 Å². The summed E-state index contributed by atoms with van der Waals surface area (Å²) in [4.78, 5) is 12.9. The van der Waals surface area contributed by atoms with E-state index in [0.29, 0.717) is 15.8 Å². The quantitative estimate of drug-likeness (QED) is 0.274. The molecule has 3 rings (SSSR count). The molecule has 5 heteroatoms. The summed E-state index contributed by atoms with van der Waals surface area (Å²) in [5, 5.41) is 0. The SMILES string of the molecule is COc1ccc(/C=C/C(=O)c2ccc(Cl)s2)cc1COc1cc(C)ccc1C(C)(C)C. The first kappa shape index (κ1) is 23.1. The zero-order valence-corrected chi connectivity index (χ0v) is 20.1. The molecule has 0 aliphatic carbocycles. The number of carbonyl (C=O) groups is 1. The van der Waals surface area contributed by atoms with Gasteiger partial charge in [0.05, 0.1) is 16.3 Å². The second-order valence-corrected chi connectivity index (χ2v) is 10.1. The predicted octanol–water partition coefficient (Wildman–Crippen LogP) is 7.49. The van der Waals surface area contributed by atoms with Gasteiger partial charge in [0.25, 0.3) is 0 Å². The first-order valence-electron chi connectivity index (χ1n) is 10.1. The van der Waals surface area contributed by atoms with Gasteiger partial charge in [0.2, 0.25) is 0 Å². The maximum atomic E-state index is 12.3. The molecule has 1 heterocycles. The van der Waals surface area contributed by atoms with Gasteiger partial charge in [-0.05, 0) is 65.4 Å². The molecule has 0 bridgehead atoms. The number of rotatable bonds is 7. The van der Waals surface area contributed by atoms with E-state index in [-0.39, 0.29) is 11.2 Å². The number of benzene rings is 2. The number of hydrogen-bond donors (Lipinski definition) is 0. The highest BCUT2D eigenvalue weighted by Gasteiger charge is 2.19. The number of carbonyl (C=O) groups excluding carboxylic acids is 1. The lowest BCUT2D eigenvalue weighted by Crippen LogP contribution is -2.13. The Morgan fingerprint density at radius 2 is 1.84 bits per heavy atom. The van der Waals surface area contributed by atoms with Crippen LogP contribution >= 0.6 is 22.9 Å². The second kappa shape index (κ2) is 9.71. The highest BCUT2D eigenvalue weighted by Crippen LogP contribution is 2.33. The van der Waals surface area contributed by atoms with E-state index in [0.717, 1.165) is 33.8 Å². The highest BCUT2D eigenvalue weighted by molar-refractivity contribution is 7.18. The fourth-order valence-electron chi connectivity index (χ4n) is 3.24. The topological polar surface area (TPSA) is 35.5 Å². The molecule has 0 spiro atoms. The van der Waals surface area contributed by atoms with Crippen LogP contribution < -0.4 is 9.47 Å². The van der Waals surface area contributed by atoms with Crippen molar-refractivity contribution in [3.05, 3.63) is 86.1 Å². The van der Waals surface area contributed by atoms with Gasteiger partial charge in [-0.3, -0.25) is 4.79 Å². The molecule has 0 N–H and O–H groups in total. The lowest BCUT2D eigenvalue weighted by Gasteiger charge is -2.23. The summed E-state index contributed by atoms with van der Waals surface area (Å²) in [5.41, 5.74) is 4.10. The number of thiophene rings is 1. The molecule has 162 valence electrons. The van der Waals surface area contributed by atoms with Crippen LogP contribution in [0.25, 0.3) is 6.08 Å². The summed E-state index contributed by atoms with van der Waals surface area (Å²) in [5.74, 6) is 1.55. The lowest BCUT2D eigenvalue weighted by molar-refractivity contribution is 0.105. The van der Waals surface area contributed by atoms with Crippen LogP contribution in [0.1, 0.15) is 52.7 Å². The Balaban J connectivity index is 1.81. The first-order chi connectivity index (χ1) is 14.7. The molecule has 3 aromatic rings. The number of allylic oxidation sites excluding steroid dienone is 1. The number of aryl methyl sites for hydroxylation is 1. The molecule has 31 heavy (non-hydrogen) atoms. The van der Waals surface area contributed by atoms with E-state index in [1.165, 1.54) is 11.3 Å². The summed E-state index contributed by atoms with van der Waals surface area (Å²) >= 11 is 7.20. The summed E-state index contributed by atoms with van der Waals surface area (Å²) in [6.45, 7) is 8.95. The molecule has 0 radical (unpaired) electrons. The van der Waals surface area contributed by atoms with Crippen molar-refractivity contribution in [1.29, 1.82) is 0 Å². The third-order valence-corrected chi connectivity index (χ3v) is 6.12. The van der Waals surface area contributed by atoms with Gasteiger partial charge in [-0.25, -0.2) is 0 Å². The van der Waals surface area contributed by atoms with E-state index in [9.17, 15) is 4.79 Å². The molecule has 0 aliphatic rings. The smallest absolute Gasteiger partial charge is 0.195 e. The Bertz CT molecular complexity index is 1110. The van der Waals surface area contributed by atoms with E-state index in [2.05, 4.69) is 45.9 Å². The number of ether oxygens (including phenoxy) is 2. The fraction of sp³-hybridized carbons (Fsp3) is 0.269. The van der Waals surface area contributed by atoms with E-state index in [1.807, 2.05) is 18.2 Å². The van der Waals surface area contributed by atoms with Crippen LogP contribution in [0.5, 0.6) is 11.5 Å². The number of halogens is 1. The molecule has 0 unspecified atom stereocenters. The zero-order valence-electron chi connectivity index (χ0n) is 18.5. The first-order valence-corrected chi connectivity index (χ1v) is 11.3. The van der Waals surface area contributed by atoms with Crippen molar-refractivity contribution in [3.63, 3.8) is 0 Å². The summed E-state index contributed by atoms with van der Waals surface area (Å²) in [6.07, 6.45) is 3.36. The number of methoxy groups -OCH3 is 1. The van der Waals surface area contributed by atoms with Crippen molar-refractivity contribution in [1.82, 2.24) is 0 Å². The highest BCUT2D eigenvalue weighted by atomic mass is 35.5. The van der Waals surface area contributed by atoms with Gasteiger partial charge in [0.15, 0.2) is 5.78 Å². The van der Waals surface area contributed by atoms with Crippen molar-refractivity contribution < 1.29 is 14.3 Å². The zero-order chi connectivity index (χ0) is 22.6. The van der Waals surface area contributed by atoms with E-state index >= 15 is 0 Å². The predicted molar refractivity (Wildman–Crippen MR) is 130 cm³/mol. The third-order valence-electron chi connectivity index (χ3n) is 4.88. The Kier molecular flexibility index (Phi) is 7.24. The molecule has 3 nitrogen and oxygen atoms in total. The third kappa shape index (κ3) is 5.99. The van der Waals surface area contributed by atoms with E-state index < -0.39 is 0 Å². The van der Waals surface area contributed by atoms with E-state index in [4.69, 9.17) is 21.1 Å². The Hall–Kier alpha value is -2.56. The van der Waals surface area contributed by atoms with Crippen LogP contribution in [-0.2, 0) is 12.0 Å². The largest absolute Gasteiger partial charge is 0.496 e. The lowest BCUT2D eigenvalue weighted by atomic mass is 9.86.